The molecule has 1 unspecified atom stereocenters. The van der Waals surface area contributed by atoms with Crippen LogP contribution in [0.2, 0.25) is 0 Å². The van der Waals surface area contributed by atoms with E-state index in [0.29, 0.717) is 5.92 Å². The first-order valence-electron chi connectivity index (χ1n) is 11.3. The number of thioether (sulfide) groups is 1. The van der Waals surface area contributed by atoms with Gasteiger partial charge in [0.05, 0.1) is 11.1 Å². The van der Waals surface area contributed by atoms with Gasteiger partial charge in [-0.3, -0.25) is 0 Å². The number of aryl methyl sites for hydroxylation is 3. The Bertz CT molecular complexity index is 1250. The molecule has 164 valence electrons. The molecule has 0 radical (unpaired) electrons. The molecule has 8 heteroatoms. The average Bonchev–Trinajstić information content (AvgIpc) is 3.54. The van der Waals surface area contributed by atoms with E-state index in [2.05, 4.69) is 50.0 Å². The Morgan fingerprint density at radius 1 is 1.12 bits per heavy atom. The van der Waals surface area contributed by atoms with Gasteiger partial charge in [-0.15, -0.1) is 33.3 Å². The number of aromatic nitrogens is 5. The Balaban J connectivity index is 1.36. The normalized spacial score (nSPS) is 18.4. The van der Waals surface area contributed by atoms with Gasteiger partial charge in [-0.25, -0.2) is 9.97 Å². The molecule has 1 atom stereocenters. The zero-order valence-electron chi connectivity index (χ0n) is 18.2. The molecule has 0 bridgehead atoms. The van der Waals surface area contributed by atoms with Crippen LogP contribution in [0.25, 0.3) is 10.2 Å². The van der Waals surface area contributed by atoms with Gasteiger partial charge in [-0.05, 0) is 49.8 Å². The number of anilines is 1. The number of nitrogens with zero attached hydrogens (tertiary/aromatic N) is 6. The Kier molecular flexibility index (Phi) is 5.35. The summed E-state index contributed by atoms with van der Waals surface area (Å²) in [5.41, 5.74) is 1.50. The molecule has 1 aliphatic heterocycles. The van der Waals surface area contributed by atoms with Crippen LogP contribution in [0.4, 0.5) is 5.82 Å². The molecular formula is C24H26N6S2. The third-order valence-electron chi connectivity index (χ3n) is 6.54. The van der Waals surface area contributed by atoms with Crippen molar-refractivity contribution in [2.24, 2.45) is 7.05 Å². The first-order chi connectivity index (χ1) is 15.8. The molecule has 0 spiro atoms. The number of thiophene rings is 1. The lowest BCUT2D eigenvalue weighted by Crippen LogP contribution is -2.36. The van der Waals surface area contributed by atoms with Gasteiger partial charge in [-0.2, -0.15) is 0 Å². The van der Waals surface area contributed by atoms with Crippen molar-refractivity contribution in [3.8, 4) is 0 Å². The highest BCUT2D eigenvalue weighted by Gasteiger charge is 2.30. The van der Waals surface area contributed by atoms with E-state index >= 15 is 0 Å². The summed E-state index contributed by atoms with van der Waals surface area (Å²) in [7, 11) is 2.04. The van der Waals surface area contributed by atoms with Crippen molar-refractivity contribution in [1.82, 2.24) is 24.7 Å². The minimum absolute atomic E-state index is 0.384. The van der Waals surface area contributed by atoms with Crippen molar-refractivity contribution in [3.05, 3.63) is 58.7 Å². The van der Waals surface area contributed by atoms with Crippen LogP contribution in [-0.4, -0.2) is 37.8 Å². The second kappa shape index (κ2) is 8.48. The number of hydrogen-bond acceptors (Lipinski definition) is 7. The maximum atomic E-state index is 5.19. The maximum Gasteiger partial charge on any atom is 0.142 e. The Morgan fingerprint density at radius 3 is 2.88 bits per heavy atom. The van der Waals surface area contributed by atoms with Crippen LogP contribution >= 0.6 is 23.1 Å². The van der Waals surface area contributed by atoms with Crippen LogP contribution in [0.5, 0.6) is 0 Å². The van der Waals surface area contributed by atoms with E-state index in [1.807, 2.05) is 36.5 Å². The monoisotopic (exact) mass is 462 g/mol. The van der Waals surface area contributed by atoms with Crippen LogP contribution in [0.1, 0.15) is 47.3 Å². The van der Waals surface area contributed by atoms with Crippen LogP contribution < -0.4 is 4.90 Å². The van der Waals surface area contributed by atoms with E-state index in [1.165, 1.54) is 38.4 Å². The molecule has 0 saturated carbocycles. The second-order valence-electron chi connectivity index (χ2n) is 8.69. The smallest absolute Gasteiger partial charge is 0.142 e. The highest BCUT2D eigenvalue weighted by molar-refractivity contribution is 7.98. The molecule has 0 N–H and O–H groups in total. The van der Waals surface area contributed by atoms with Crippen molar-refractivity contribution in [3.63, 3.8) is 0 Å². The number of benzene rings is 1. The molecule has 6 nitrogen and oxygen atoms in total. The second-order valence-corrected chi connectivity index (χ2v) is 10.8. The summed E-state index contributed by atoms with van der Waals surface area (Å²) in [6.07, 6.45) is 7.69. The van der Waals surface area contributed by atoms with Crippen LogP contribution in [0, 0.1) is 0 Å². The van der Waals surface area contributed by atoms with Gasteiger partial charge < -0.3 is 9.47 Å². The van der Waals surface area contributed by atoms with Gasteiger partial charge in [0.1, 0.15) is 28.6 Å². The largest absolute Gasteiger partial charge is 0.355 e. The van der Waals surface area contributed by atoms with Gasteiger partial charge in [0.15, 0.2) is 0 Å². The zero-order chi connectivity index (χ0) is 21.5. The summed E-state index contributed by atoms with van der Waals surface area (Å²) in [4.78, 5) is 16.7. The quantitative estimate of drug-likeness (QED) is 0.390. The summed E-state index contributed by atoms with van der Waals surface area (Å²) < 4.78 is 2.06. The lowest BCUT2D eigenvalue weighted by atomic mass is 9.97. The van der Waals surface area contributed by atoms with Crippen LogP contribution in [0.15, 0.2) is 41.6 Å². The van der Waals surface area contributed by atoms with Gasteiger partial charge >= 0.3 is 0 Å². The molecule has 1 fully saturated rings. The highest BCUT2D eigenvalue weighted by atomic mass is 32.2. The SMILES string of the molecule is Cn1cnnc1C1CCCN(c2nc(CSc3ccccc3)nc3sc4c(c23)CCC4)C1. The first-order valence-corrected chi connectivity index (χ1v) is 13.1. The lowest BCUT2D eigenvalue weighted by molar-refractivity contribution is 0.478. The van der Waals surface area contributed by atoms with E-state index in [-0.39, 0.29) is 0 Å². The molecule has 4 heterocycles. The van der Waals surface area contributed by atoms with Crippen molar-refractivity contribution in [2.45, 2.75) is 48.7 Å². The van der Waals surface area contributed by atoms with E-state index in [9.17, 15) is 0 Å². The molecule has 1 aliphatic carbocycles. The van der Waals surface area contributed by atoms with Crippen molar-refractivity contribution in [2.75, 3.05) is 18.0 Å². The Labute approximate surface area is 196 Å². The summed E-state index contributed by atoms with van der Waals surface area (Å²) in [6.45, 7) is 1.98. The van der Waals surface area contributed by atoms with Crippen LogP contribution in [-0.2, 0) is 25.6 Å². The van der Waals surface area contributed by atoms with Gasteiger partial charge in [-0.1, -0.05) is 18.2 Å². The third-order valence-corrected chi connectivity index (χ3v) is 8.73. The zero-order valence-corrected chi connectivity index (χ0v) is 19.8. The molecule has 0 amide bonds. The van der Waals surface area contributed by atoms with Crippen LogP contribution in [0.3, 0.4) is 0 Å². The summed E-state index contributed by atoms with van der Waals surface area (Å²) in [5.74, 6) is 4.33. The van der Waals surface area contributed by atoms with E-state index in [0.717, 1.165) is 55.6 Å². The Hall–Kier alpha value is -2.45. The number of rotatable bonds is 5. The predicted octanol–water partition coefficient (Wildman–Crippen LogP) is 4.98. The van der Waals surface area contributed by atoms with Gasteiger partial charge in [0.2, 0.25) is 0 Å². The third kappa shape index (κ3) is 3.69. The fourth-order valence-electron chi connectivity index (χ4n) is 5.02. The average molecular weight is 463 g/mol. The fraction of sp³-hybridized carbons (Fsp3) is 0.417. The van der Waals surface area contributed by atoms with Crippen molar-refractivity contribution in [1.29, 1.82) is 0 Å². The van der Waals surface area contributed by atoms with Crippen molar-refractivity contribution < 1.29 is 0 Å². The fourth-order valence-corrected chi connectivity index (χ4v) is 7.07. The minimum atomic E-state index is 0.384. The van der Waals surface area contributed by atoms with E-state index in [4.69, 9.17) is 9.97 Å². The highest BCUT2D eigenvalue weighted by Crippen LogP contribution is 2.42. The first kappa shape index (κ1) is 20.2. The maximum absolute atomic E-state index is 5.19. The summed E-state index contributed by atoms with van der Waals surface area (Å²) >= 11 is 3.70. The van der Waals surface area contributed by atoms with E-state index < -0.39 is 0 Å². The van der Waals surface area contributed by atoms with Crippen molar-refractivity contribution >= 4 is 39.1 Å². The number of hydrogen-bond donors (Lipinski definition) is 0. The summed E-state index contributed by atoms with van der Waals surface area (Å²) in [6, 6.07) is 10.5. The van der Waals surface area contributed by atoms with Gasteiger partial charge in [0.25, 0.3) is 0 Å². The molecule has 3 aromatic heterocycles. The molecule has 32 heavy (non-hydrogen) atoms. The number of piperidine rings is 1. The Morgan fingerprint density at radius 2 is 2.03 bits per heavy atom. The predicted molar refractivity (Wildman–Crippen MR) is 131 cm³/mol. The molecule has 1 saturated heterocycles. The molecule has 2 aliphatic rings. The number of fused-ring (bicyclic) bond motifs is 3. The standard InChI is InChI=1S/C24H26N6S2/c1-29-15-25-28-22(29)16-7-6-12-30(13-16)23-21-18-10-5-11-19(18)32-24(21)27-20(26-23)14-31-17-8-3-2-4-9-17/h2-4,8-9,15-16H,5-7,10-14H2,1H3. The van der Waals surface area contributed by atoms with E-state index in [1.54, 1.807) is 0 Å². The topological polar surface area (TPSA) is 59.7 Å². The minimum Gasteiger partial charge on any atom is -0.355 e. The molecule has 4 aromatic rings. The summed E-state index contributed by atoms with van der Waals surface area (Å²) in [5, 5.41) is 9.84. The lowest BCUT2D eigenvalue weighted by Gasteiger charge is -2.33. The van der Waals surface area contributed by atoms with Gasteiger partial charge in [0, 0.05) is 35.8 Å². The molecule has 1 aromatic carbocycles. The molecule has 6 rings (SSSR count). The molecular weight excluding hydrogens is 436 g/mol.